The number of nitrogens with zero attached hydrogens (tertiary/aromatic N) is 6. The molecule has 0 bridgehead atoms. The van der Waals surface area contributed by atoms with E-state index in [9.17, 15) is 23.2 Å². The number of nitrogens with one attached hydrogen (secondary N) is 1. The Morgan fingerprint density at radius 3 is 2.52 bits per heavy atom. The summed E-state index contributed by atoms with van der Waals surface area (Å²) in [6.45, 7) is 3.50. The first-order chi connectivity index (χ1) is 20.3. The number of fused-ring (bicyclic) bond motifs is 2. The summed E-state index contributed by atoms with van der Waals surface area (Å²) in [4.78, 5) is 48.8. The summed E-state index contributed by atoms with van der Waals surface area (Å²) in [5, 5.41) is 3.33. The molecular weight excluding hydrogens is 544 g/mol. The molecule has 10 nitrogen and oxygen atoms in total. The zero-order valence-corrected chi connectivity index (χ0v) is 23.2. The first-order valence-electron chi connectivity index (χ1n) is 13.7. The van der Waals surface area contributed by atoms with Crippen LogP contribution in [0.4, 0.5) is 20.4 Å². The van der Waals surface area contributed by atoms with Gasteiger partial charge in [0.15, 0.2) is 22.8 Å². The minimum absolute atomic E-state index is 0.0405. The van der Waals surface area contributed by atoms with E-state index >= 15 is 0 Å². The predicted octanol–water partition coefficient (Wildman–Crippen LogP) is 1.93. The molecule has 4 aromatic rings. The Balaban J connectivity index is 1.29. The van der Waals surface area contributed by atoms with Crippen LogP contribution in [0.5, 0.6) is 0 Å². The number of piperazine rings is 1. The van der Waals surface area contributed by atoms with Crippen molar-refractivity contribution in [3.05, 3.63) is 86.1 Å². The Labute approximate surface area is 239 Å². The van der Waals surface area contributed by atoms with Crippen molar-refractivity contribution in [2.45, 2.75) is 32.5 Å². The van der Waals surface area contributed by atoms with Crippen molar-refractivity contribution in [2.75, 3.05) is 36.4 Å². The number of amides is 1. The average Bonchev–Trinajstić information content (AvgIpc) is 3.61. The molecule has 0 spiro atoms. The van der Waals surface area contributed by atoms with Crippen LogP contribution in [0.3, 0.4) is 0 Å². The molecule has 0 radical (unpaired) electrons. The Morgan fingerprint density at radius 1 is 1.05 bits per heavy atom. The van der Waals surface area contributed by atoms with Crippen LogP contribution >= 0.6 is 0 Å². The van der Waals surface area contributed by atoms with Gasteiger partial charge in [0.2, 0.25) is 11.9 Å². The van der Waals surface area contributed by atoms with E-state index in [0.29, 0.717) is 38.5 Å². The molecule has 0 saturated carbocycles. The predicted molar refractivity (Wildman–Crippen MR) is 154 cm³/mol. The topological polar surface area (TPSA) is 97.4 Å². The van der Waals surface area contributed by atoms with Crippen molar-refractivity contribution >= 4 is 28.7 Å². The molecule has 42 heavy (non-hydrogen) atoms. The SMILES string of the molecule is CC#CCn1c(N2CCN(C(=O)C3Cc4ccccc4N3)CC2)nc2c1c(=O)n(Cc1ccc(F)c(F)c1)c(=O)n2C. The molecule has 1 unspecified atom stereocenters. The Morgan fingerprint density at radius 2 is 1.81 bits per heavy atom. The van der Waals surface area contributed by atoms with Crippen molar-refractivity contribution in [3.63, 3.8) is 0 Å². The molecule has 2 aliphatic rings. The average molecular weight is 574 g/mol. The molecule has 1 N–H and O–H groups in total. The number of imidazole rings is 1. The number of aromatic nitrogens is 4. The number of carbonyl (C=O) groups is 1. The molecule has 6 rings (SSSR count). The highest BCUT2D eigenvalue weighted by atomic mass is 19.2. The van der Waals surface area contributed by atoms with Gasteiger partial charge < -0.3 is 15.1 Å². The molecule has 0 aliphatic carbocycles. The van der Waals surface area contributed by atoms with E-state index in [1.807, 2.05) is 34.1 Å². The van der Waals surface area contributed by atoms with Crippen LogP contribution in [-0.2, 0) is 31.4 Å². The highest BCUT2D eigenvalue weighted by molar-refractivity contribution is 5.87. The van der Waals surface area contributed by atoms with Crippen LogP contribution in [0.15, 0.2) is 52.1 Å². The van der Waals surface area contributed by atoms with E-state index in [1.165, 1.54) is 17.7 Å². The standard InChI is InChI=1S/C30H29F2N7O3/c1-3-4-11-38-25-26(35(2)30(42)39(28(25)41)18-19-9-10-21(31)22(32)16-19)34-29(38)37-14-12-36(13-15-37)27(40)24-17-20-7-5-6-8-23(20)33-24/h5-10,16,24,33H,11-15,17-18H2,1-2H3. The van der Waals surface area contributed by atoms with E-state index in [1.54, 1.807) is 11.5 Å². The minimum atomic E-state index is -1.06. The molecule has 2 aromatic carbocycles. The Bertz CT molecular complexity index is 1870. The second-order valence-corrected chi connectivity index (χ2v) is 10.4. The highest BCUT2D eigenvalue weighted by Gasteiger charge is 2.33. The molecule has 1 amide bonds. The number of benzene rings is 2. The van der Waals surface area contributed by atoms with E-state index < -0.39 is 22.9 Å². The van der Waals surface area contributed by atoms with Crippen LogP contribution in [0.1, 0.15) is 18.1 Å². The molecule has 2 aromatic heterocycles. The number of carbonyl (C=O) groups excluding carboxylic acids is 1. The number of aryl methyl sites for hydroxylation is 1. The maximum atomic E-state index is 13.8. The van der Waals surface area contributed by atoms with E-state index in [0.717, 1.165) is 28.0 Å². The molecule has 1 fully saturated rings. The number of anilines is 2. The highest BCUT2D eigenvalue weighted by Crippen LogP contribution is 2.27. The smallest absolute Gasteiger partial charge is 0.332 e. The zero-order valence-electron chi connectivity index (χ0n) is 23.2. The van der Waals surface area contributed by atoms with Gasteiger partial charge in [-0.2, -0.15) is 4.98 Å². The van der Waals surface area contributed by atoms with Crippen molar-refractivity contribution in [2.24, 2.45) is 7.05 Å². The van der Waals surface area contributed by atoms with E-state index in [-0.39, 0.29) is 41.8 Å². The summed E-state index contributed by atoms with van der Waals surface area (Å²) >= 11 is 0. The lowest BCUT2D eigenvalue weighted by Crippen LogP contribution is -2.53. The minimum Gasteiger partial charge on any atom is -0.373 e. The Kier molecular flexibility index (Phi) is 7.02. The molecule has 1 atom stereocenters. The van der Waals surface area contributed by atoms with Gasteiger partial charge >= 0.3 is 5.69 Å². The van der Waals surface area contributed by atoms with Gasteiger partial charge in [-0.1, -0.05) is 30.2 Å². The lowest BCUT2D eigenvalue weighted by molar-refractivity contribution is -0.132. The van der Waals surface area contributed by atoms with Gasteiger partial charge in [-0.05, 0) is 36.2 Å². The Hall–Kier alpha value is -4.92. The molecule has 216 valence electrons. The fraction of sp³-hybridized carbons (Fsp3) is 0.333. The number of hydrogen-bond acceptors (Lipinski definition) is 6. The zero-order chi connectivity index (χ0) is 29.5. The van der Waals surface area contributed by atoms with Crippen LogP contribution in [-0.4, -0.2) is 61.7 Å². The summed E-state index contributed by atoms with van der Waals surface area (Å²) in [6.07, 6.45) is 0.644. The second kappa shape index (κ2) is 10.8. The quantitative estimate of drug-likeness (QED) is 0.367. The summed E-state index contributed by atoms with van der Waals surface area (Å²) < 4.78 is 31.3. The summed E-state index contributed by atoms with van der Waals surface area (Å²) in [5.74, 6) is 4.27. The van der Waals surface area contributed by atoms with Gasteiger partial charge in [0, 0.05) is 45.3 Å². The monoisotopic (exact) mass is 573 g/mol. The van der Waals surface area contributed by atoms with Crippen molar-refractivity contribution in [3.8, 4) is 11.8 Å². The molecule has 12 heteroatoms. The lowest BCUT2D eigenvalue weighted by atomic mass is 10.1. The number of para-hydroxylation sites is 1. The van der Waals surface area contributed by atoms with Gasteiger partial charge in [0.25, 0.3) is 5.56 Å². The molecule has 4 heterocycles. The van der Waals surface area contributed by atoms with Crippen molar-refractivity contribution < 1.29 is 13.6 Å². The number of rotatable bonds is 5. The third-order valence-corrected chi connectivity index (χ3v) is 7.89. The van der Waals surface area contributed by atoms with Crippen molar-refractivity contribution in [1.82, 2.24) is 23.6 Å². The fourth-order valence-corrected chi connectivity index (χ4v) is 5.66. The second-order valence-electron chi connectivity index (χ2n) is 10.4. The van der Waals surface area contributed by atoms with Crippen LogP contribution < -0.4 is 21.5 Å². The molecule has 2 aliphatic heterocycles. The number of hydrogen-bond donors (Lipinski definition) is 1. The first-order valence-corrected chi connectivity index (χ1v) is 13.7. The van der Waals surface area contributed by atoms with E-state index in [2.05, 4.69) is 17.2 Å². The number of halogens is 2. The van der Waals surface area contributed by atoms with Crippen molar-refractivity contribution in [1.29, 1.82) is 0 Å². The molecular formula is C30H29F2N7O3. The lowest BCUT2D eigenvalue weighted by Gasteiger charge is -2.36. The van der Waals surface area contributed by atoms with Gasteiger partial charge in [0.05, 0.1) is 13.1 Å². The maximum Gasteiger partial charge on any atom is 0.332 e. The largest absolute Gasteiger partial charge is 0.373 e. The normalized spacial score (nSPS) is 16.2. The summed E-state index contributed by atoms with van der Waals surface area (Å²) in [6, 6.07) is 10.9. The van der Waals surface area contributed by atoms with Gasteiger partial charge in [0.1, 0.15) is 6.04 Å². The van der Waals surface area contributed by atoms with Crippen LogP contribution in [0.2, 0.25) is 0 Å². The van der Waals surface area contributed by atoms with Crippen LogP contribution in [0, 0.1) is 23.5 Å². The fourth-order valence-electron chi connectivity index (χ4n) is 5.66. The maximum absolute atomic E-state index is 13.8. The summed E-state index contributed by atoms with van der Waals surface area (Å²) in [5.41, 5.74) is 1.54. The van der Waals surface area contributed by atoms with E-state index in [4.69, 9.17) is 4.98 Å². The van der Waals surface area contributed by atoms with Gasteiger partial charge in [-0.15, -0.1) is 5.92 Å². The van der Waals surface area contributed by atoms with Gasteiger partial charge in [-0.3, -0.25) is 23.3 Å². The third kappa shape index (κ3) is 4.70. The first kappa shape index (κ1) is 27.3. The van der Waals surface area contributed by atoms with Gasteiger partial charge in [-0.25, -0.2) is 13.6 Å². The summed E-state index contributed by atoms with van der Waals surface area (Å²) in [7, 11) is 1.52. The molecule has 1 saturated heterocycles. The van der Waals surface area contributed by atoms with Crippen LogP contribution in [0.25, 0.3) is 11.2 Å². The third-order valence-electron chi connectivity index (χ3n) is 7.89.